The Bertz CT molecular complexity index is 1700. The molecule has 3 aromatic heterocycles. The fraction of sp³-hybridized carbons (Fsp3) is 0.364. The number of carbonyl (C=O) groups is 1. The Kier molecular flexibility index (Phi) is 6.60. The predicted molar refractivity (Wildman–Crippen MR) is 158 cm³/mol. The van der Waals surface area contributed by atoms with Gasteiger partial charge in [-0.2, -0.15) is 0 Å². The minimum absolute atomic E-state index is 0.0224. The molecule has 5 heterocycles. The number of pyridine rings is 2. The molecule has 210 valence electrons. The van der Waals surface area contributed by atoms with Gasteiger partial charge in [-0.25, -0.2) is 0 Å². The van der Waals surface area contributed by atoms with E-state index in [2.05, 4.69) is 27.0 Å². The quantitative estimate of drug-likeness (QED) is 0.384. The SMILES string of the molecule is Cn1cc(-c2cccc(N3CCn4c(cc5c4CCCC5)C3=O)c2CO)cc(Cc2ccc(C3CNC3)cn2)c1=O. The number of hydrogen-bond donors (Lipinski definition) is 2. The highest BCUT2D eigenvalue weighted by Crippen LogP contribution is 2.35. The van der Waals surface area contributed by atoms with Crippen LogP contribution in [0.5, 0.6) is 0 Å². The van der Waals surface area contributed by atoms with Gasteiger partial charge in [0.1, 0.15) is 5.69 Å². The van der Waals surface area contributed by atoms with Crippen molar-refractivity contribution in [3.05, 3.63) is 105 Å². The monoisotopic (exact) mass is 549 g/mol. The summed E-state index contributed by atoms with van der Waals surface area (Å²) in [6, 6.07) is 13.9. The van der Waals surface area contributed by atoms with Crippen molar-refractivity contribution in [3.63, 3.8) is 0 Å². The zero-order valence-corrected chi connectivity index (χ0v) is 23.4. The number of fused-ring (bicyclic) bond motifs is 3. The molecule has 1 aliphatic carbocycles. The van der Waals surface area contributed by atoms with Crippen LogP contribution in [0.15, 0.2) is 59.7 Å². The maximum Gasteiger partial charge on any atom is 0.274 e. The third-order valence-corrected chi connectivity index (χ3v) is 9.06. The molecule has 8 nitrogen and oxygen atoms in total. The van der Waals surface area contributed by atoms with E-state index in [4.69, 9.17) is 0 Å². The average Bonchev–Trinajstić information content (AvgIpc) is 3.35. The third-order valence-electron chi connectivity index (χ3n) is 9.06. The van der Waals surface area contributed by atoms with Gasteiger partial charge < -0.3 is 24.5 Å². The molecule has 0 saturated carbocycles. The molecular formula is C33H35N5O3. The van der Waals surface area contributed by atoms with Gasteiger partial charge in [0.15, 0.2) is 0 Å². The van der Waals surface area contributed by atoms with E-state index in [1.54, 1.807) is 17.8 Å². The molecule has 0 spiro atoms. The number of aliphatic hydroxyl groups is 1. The number of aromatic nitrogens is 3. The lowest BCUT2D eigenvalue weighted by Crippen LogP contribution is -2.41. The van der Waals surface area contributed by atoms with E-state index in [1.807, 2.05) is 41.4 Å². The summed E-state index contributed by atoms with van der Waals surface area (Å²) in [5.74, 6) is 0.490. The van der Waals surface area contributed by atoms with Crippen LogP contribution in [-0.2, 0) is 39.5 Å². The first-order valence-electron chi connectivity index (χ1n) is 14.6. The van der Waals surface area contributed by atoms with Crippen LogP contribution in [0.25, 0.3) is 11.1 Å². The first-order chi connectivity index (χ1) is 20.0. The summed E-state index contributed by atoms with van der Waals surface area (Å²) in [6.45, 7) is 3.05. The van der Waals surface area contributed by atoms with Crippen molar-refractivity contribution in [3.8, 4) is 11.1 Å². The number of amides is 1. The minimum atomic E-state index is -0.218. The number of benzene rings is 1. The number of nitrogens with zero attached hydrogens (tertiary/aromatic N) is 4. The molecule has 1 amide bonds. The van der Waals surface area contributed by atoms with Gasteiger partial charge >= 0.3 is 0 Å². The summed E-state index contributed by atoms with van der Waals surface area (Å²) in [7, 11) is 1.75. The van der Waals surface area contributed by atoms with Gasteiger partial charge in [-0.15, -0.1) is 0 Å². The molecule has 2 N–H and O–H groups in total. The summed E-state index contributed by atoms with van der Waals surface area (Å²) < 4.78 is 3.80. The van der Waals surface area contributed by atoms with Crippen molar-refractivity contribution in [2.24, 2.45) is 7.05 Å². The molecule has 1 saturated heterocycles. The molecule has 8 heteroatoms. The smallest absolute Gasteiger partial charge is 0.274 e. The largest absolute Gasteiger partial charge is 0.392 e. The van der Waals surface area contributed by atoms with Gasteiger partial charge in [-0.1, -0.05) is 18.2 Å². The highest BCUT2D eigenvalue weighted by molar-refractivity contribution is 6.07. The minimum Gasteiger partial charge on any atom is -0.392 e. The molecule has 41 heavy (non-hydrogen) atoms. The topological polar surface area (TPSA) is 92.4 Å². The normalized spacial score (nSPS) is 16.8. The second-order valence-electron chi connectivity index (χ2n) is 11.6. The van der Waals surface area contributed by atoms with Gasteiger partial charge in [0.05, 0.1) is 12.3 Å². The van der Waals surface area contributed by atoms with Crippen molar-refractivity contribution in [1.82, 2.24) is 19.4 Å². The average molecular weight is 550 g/mol. The number of rotatable bonds is 6. The second-order valence-corrected chi connectivity index (χ2v) is 11.6. The van der Waals surface area contributed by atoms with E-state index < -0.39 is 0 Å². The summed E-state index contributed by atoms with van der Waals surface area (Å²) in [4.78, 5) is 33.3. The lowest BCUT2D eigenvalue weighted by atomic mass is 9.94. The van der Waals surface area contributed by atoms with E-state index in [-0.39, 0.29) is 18.1 Å². The van der Waals surface area contributed by atoms with E-state index >= 15 is 0 Å². The van der Waals surface area contributed by atoms with Gasteiger partial charge in [0, 0.05) is 80.5 Å². The Morgan fingerprint density at radius 3 is 2.66 bits per heavy atom. The second kappa shape index (κ2) is 10.4. The molecule has 1 aromatic carbocycles. The molecule has 7 rings (SSSR count). The summed E-state index contributed by atoms with van der Waals surface area (Å²) >= 11 is 0. The zero-order chi connectivity index (χ0) is 28.1. The van der Waals surface area contributed by atoms with Gasteiger partial charge in [-0.3, -0.25) is 14.6 Å². The molecule has 2 aliphatic heterocycles. The Morgan fingerprint density at radius 2 is 1.90 bits per heavy atom. The number of anilines is 1. The van der Waals surface area contributed by atoms with Crippen LogP contribution >= 0.6 is 0 Å². The highest BCUT2D eigenvalue weighted by Gasteiger charge is 2.31. The molecule has 1 fully saturated rings. The van der Waals surface area contributed by atoms with E-state index in [0.717, 1.165) is 60.7 Å². The maximum absolute atomic E-state index is 13.8. The summed E-state index contributed by atoms with van der Waals surface area (Å²) in [6.07, 6.45) is 8.56. The van der Waals surface area contributed by atoms with Crippen LogP contribution in [0.2, 0.25) is 0 Å². The Balaban J connectivity index is 1.22. The number of aliphatic hydroxyl groups excluding tert-OH is 1. The van der Waals surface area contributed by atoms with Crippen LogP contribution in [-0.4, -0.2) is 44.8 Å². The van der Waals surface area contributed by atoms with Crippen LogP contribution in [0.3, 0.4) is 0 Å². The van der Waals surface area contributed by atoms with Crippen molar-refractivity contribution in [2.45, 2.75) is 51.2 Å². The van der Waals surface area contributed by atoms with Crippen LogP contribution in [0.4, 0.5) is 5.69 Å². The molecule has 0 radical (unpaired) electrons. The predicted octanol–water partition coefficient (Wildman–Crippen LogP) is 3.56. The molecular weight excluding hydrogens is 514 g/mol. The lowest BCUT2D eigenvalue weighted by Gasteiger charge is -2.31. The molecule has 0 bridgehead atoms. The number of hydrogen-bond acceptors (Lipinski definition) is 5. The van der Waals surface area contributed by atoms with E-state index in [0.29, 0.717) is 30.0 Å². The first-order valence-corrected chi connectivity index (χ1v) is 14.6. The zero-order valence-electron chi connectivity index (χ0n) is 23.4. The van der Waals surface area contributed by atoms with Crippen molar-refractivity contribution < 1.29 is 9.90 Å². The Hall–Kier alpha value is -4.01. The number of carbonyl (C=O) groups excluding carboxylic acids is 1. The molecule has 0 unspecified atom stereocenters. The summed E-state index contributed by atoms with van der Waals surface area (Å²) in [5, 5.41) is 13.9. The fourth-order valence-electron chi connectivity index (χ4n) is 6.69. The number of nitrogens with one attached hydrogen (secondary N) is 1. The lowest BCUT2D eigenvalue weighted by molar-refractivity contribution is 0.0964. The highest BCUT2D eigenvalue weighted by atomic mass is 16.3. The first kappa shape index (κ1) is 25.9. The fourth-order valence-corrected chi connectivity index (χ4v) is 6.69. The van der Waals surface area contributed by atoms with Crippen LogP contribution < -0.4 is 15.8 Å². The Labute approximate surface area is 239 Å². The van der Waals surface area contributed by atoms with Gasteiger partial charge in [0.2, 0.25) is 0 Å². The van der Waals surface area contributed by atoms with E-state index in [1.165, 1.54) is 29.7 Å². The van der Waals surface area contributed by atoms with Crippen molar-refractivity contribution >= 4 is 11.6 Å². The van der Waals surface area contributed by atoms with Crippen molar-refractivity contribution in [1.29, 1.82) is 0 Å². The maximum atomic E-state index is 13.8. The molecule has 0 atom stereocenters. The molecule has 4 aromatic rings. The van der Waals surface area contributed by atoms with Crippen molar-refractivity contribution in [2.75, 3.05) is 24.5 Å². The van der Waals surface area contributed by atoms with Gasteiger partial charge in [0.25, 0.3) is 11.5 Å². The summed E-state index contributed by atoms with van der Waals surface area (Å²) in [5.41, 5.74) is 9.05. The number of aryl methyl sites for hydroxylation is 2. The molecule has 3 aliphatic rings. The van der Waals surface area contributed by atoms with Crippen LogP contribution in [0, 0.1) is 0 Å². The van der Waals surface area contributed by atoms with Crippen LogP contribution in [0.1, 0.15) is 62.9 Å². The van der Waals surface area contributed by atoms with Gasteiger partial charge in [-0.05, 0) is 72.2 Å². The standard InChI is InChI=1S/C33H35N5O3/c1-36-19-24(13-23(32(36)40)14-26-10-9-22(18-35-26)25-16-34-17-25)27-6-4-8-30(28(27)20-39)38-12-11-37-29-7-3-2-5-21(29)15-31(37)33(38)41/h4,6,8-10,13,15,18-19,25,34,39H,2-3,5,7,11-12,14,16-17,20H2,1H3. The Morgan fingerprint density at radius 1 is 1.05 bits per heavy atom. The van der Waals surface area contributed by atoms with E-state index in [9.17, 15) is 14.7 Å². The third kappa shape index (κ3) is 4.51.